The van der Waals surface area contributed by atoms with Gasteiger partial charge in [-0.05, 0) is 42.5 Å². The highest BCUT2D eigenvalue weighted by atomic mass is 16.2. The summed E-state index contributed by atoms with van der Waals surface area (Å²) in [5.41, 5.74) is 1.82. The largest absolute Gasteiger partial charge is 0.347 e. The molecule has 0 radical (unpaired) electrons. The van der Waals surface area contributed by atoms with Crippen molar-refractivity contribution in [2.24, 2.45) is 12.5 Å². The maximum atomic E-state index is 13.0. The molecule has 7 nitrogen and oxygen atoms in total. The molecule has 5 rings (SSSR count). The maximum Gasteiger partial charge on any atom is 0.270 e. The summed E-state index contributed by atoms with van der Waals surface area (Å²) in [6.45, 7) is 1.49. The molecular formula is C20H22N6O. The van der Waals surface area contributed by atoms with Crippen LogP contribution in [0.4, 0.5) is 0 Å². The molecule has 1 saturated carbocycles. The average Bonchev–Trinajstić information content (AvgIpc) is 3.38. The number of hydrogen-bond acceptors (Lipinski definition) is 4. The molecule has 27 heavy (non-hydrogen) atoms. The van der Waals surface area contributed by atoms with Gasteiger partial charge < -0.3 is 9.47 Å². The highest BCUT2D eigenvalue weighted by Gasteiger charge is 2.53. The van der Waals surface area contributed by atoms with Gasteiger partial charge in [-0.2, -0.15) is 5.10 Å². The van der Waals surface area contributed by atoms with E-state index in [1.54, 1.807) is 12.4 Å². The minimum Gasteiger partial charge on any atom is -0.347 e. The Morgan fingerprint density at radius 1 is 1.26 bits per heavy atom. The molecule has 1 spiro atoms. The molecule has 3 aromatic rings. The summed E-state index contributed by atoms with van der Waals surface area (Å²) in [7, 11) is 1.91. The van der Waals surface area contributed by atoms with Gasteiger partial charge in [0, 0.05) is 50.2 Å². The number of nitrogens with one attached hydrogen (secondary N) is 1. The fourth-order valence-corrected chi connectivity index (χ4v) is 4.54. The van der Waals surface area contributed by atoms with Gasteiger partial charge in [0.25, 0.3) is 5.91 Å². The molecule has 2 fully saturated rings. The van der Waals surface area contributed by atoms with Crippen LogP contribution in [0.15, 0.2) is 42.9 Å². The van der Waals surface area contributed by atoms with E-state index in [0.717, 1.165) is 36.5 Å². The lowest BCUT2D eigenvalue weighted by atomic mass is 9.62. The lowest BCUT2D eigenvalue weighted by molar-refractivity contribution is 0.0715. The molecule has 138 valence electrons. The zero-order valence-corrected chi connectivity index (χ0v) is 15.3. The number of pyridine rings is 1. The van der Waals surface area contributed by atoms with Crippen LogP contribution in [0.3, 0.4) is 0 Å². The zero-order chi connectivity index (χ0) is 18.4. The Morgan fingerprint density at radius 3 is 2.74 bits per heavy atom. The molecule has 1 aliphatic carbocycles. The minimum absolute atomic E-state index is 0.102. The van der Waals surface area contributed by atoms with Crippen molar-refractivity contribution in [1.82, 2.24) is 29.6 Å². The van der Waals surface area contributed by atoms with Crippen molar-refractivity contribution in [3.8, 4) is 11.4 Å². The van der Waals surface area contributed by atoms with Crippen LogP contribution in [0.5, 0.6) is 0 Å². The Kier molecular flexibility index (Phi) is 3.63. The number of hydrogen-bond donors (Lipinski definition) is 1. The third-order valence-corrected chi connectivity index (χ3v) is 6.22. The topological polar surface area (TPSA) is 79.7 Å². The van der Waals surface area contributed by atoms with Crippen LogP contribution in [-0.2, 0) is 7.05 Å². The summed E-state index contributed by atoms with van der Waals surface area (Å²) < 4.78 is 1.89. The summed E-state index contributed by atoms with van der Waals surface area (Å²) >= 11 is 0. The van der Waals surface area contributed by atoms with Gasteiger partial charge in [0.15, 0.2) is 5.82 Å². The minimum atomic E-state index is 0.102. The second-order valence-corrected chi connectivity index (χ2v) is 7.74. The number of aromatic nitrogens is 5. The molecule has 7 heteroatoms. The lowest BCUT2D eigenvalue weighted by Crippen LogP contribution is -2.38. The van der Waals surface area contributed by atoms with Crippen molar-refractivity contribution in [3.63, 3.8) is 0 Å². The first kappa shape index (κ1) is 16.2. The quantitative estimate of drug-likeness (QED) is 0.777. The molecule has 3 aromatic heterocycles. The molecular weight excluding hydrogens is 340 g/mol. The maximum absolute atomic E-state index is 13.0. The van der Waals surface area contributed by atoms with Crippen LogP contribution < -0.4 is 0 Å². The van der Waals surface area contributed by atoms with Gasteiger partial charge in [-0.25, -0.2) is 4.98 Å². The van der Waals surface area contributed by atoms with Crippen LogP contribution in [0.2, 0.25) is 0 Å². The molecule has 1 atom stereocenters. The first-order valence-corrected chi connectivity index (χ1v) is 9.40. The molecule has 1 aliphatic heterocycles. The number of carbonyl (C=O) groups is 1. The van der Waals surface area contributed by atoms with Gasteiger partial charge in [0.2, 0.25) is 0 Å². The van der Waals surface area contributed by atoms with E-state index in [1.807, 2.05) is 47.0 Å². The number of amides is 1. The SMILES string of the molecule is Cn1cccc1C(=O)N1CC(c2nc(-c3ccncc3)n[nH]2)C2(CCC2)C1. The standard InChI is InChI=1S/C20H22N6O/c1-25-11-2-4-16(25)19(27)26-12-15(20(13-26)7-3-8-20)18-22-17(23-24-18)14-5-9-21-10-6-14/h2,4-6,9-11,15H,3,7-8,12-13H2,1H3,(H,22,23,24). The van der Waals surface area contributed by atoms with Crippen molar-refractivity contribution in [3.05, 3.63) is 54.4 Å². The monoisotopic (exact) mass is 362 g/mol. The van der Waals surface area contributed by atoms with Crippen LogP contribution >= 0.6 is 0 Å². The van der Waals surface area contributed by atoms with Gasteiger partial charge in [-0.3, -0.25) is 14.9 Å². The highest BCUT2D eigenvalue weighted by molar-refractivity contribution is 5.93. The molecule has 4 heterocycles. The first-order chi connectivity index (χ1) is 13.2. The average molecular weight is 362 g/mol. The molecule has 2 aliphatic rings. The van der Waals surface area contributed by atoms with Gasteiger partial charge >= 0.3 is 0 Å². The third kappa shape index (κ3) is 2.57. The normalized spacial score (nSPS) is 20.8. The van der Waals surface area contributed by atoms with Gasteiger partial charge in [-0.1, -0.05) is 6.42 Å². The number of H-pyrrole nitrogens is 1. The zero-order valence-electron chi connectivity index (χ0n) is 15.3. The van der Waals surface area contributed by atoms with Gasteiger partial charge in [-0.15, -0.1) is 0 Å². The smallest absolute Gasteiger partial charge is 0.270 e. The van der Waals surface area contributed by atoms with E-state index in [1.165, 1.54) is 6.42 Å². The van der Waals surface area contributed by atoms with Crippen LogP contribution in [-0.4, -0.2) is 48.6 Å². The van der Waals surface area contributed by atoms with E-state index in [0.29, 0.717) is 12.4 Å². The van der Waals surface area contributed by atoms with Crippen molar-refractivity contribution in [1.29, 1.82) is 0 Å². The van der Waals surface area contributed by atoms with E-state index in [4.69, 9.17) is 4.98 Å². The Labute approximate surface area is 157 Å². The molecule has 0 bridgehead atoms. The lowest BCUT2D eigenvalue weighted by Gasteiger charge is -2.41. The number of aromatic amines is 1. The van der Waals surface area contributed by atoms with Crippen molar-refractivity contribution in [2.45, 2.75) is 25.2 Å². The summed E-state index contributed by atoms with van der Waals surface area (Å²) in [6.07, 6.45) is 8.90. The van der Waals surface area contributed by atoms with Crippen molar-refractivity contribution >= 4 is 5.91 Å². The van der Waals surface area contributed by atoms with Crippen molar-refractivity contribution in [2.75, 3.05) is 13.1 Å². The summed E-state index contributed by atoms with van der Waals surface area (Å²) in [4.78, 5) is 23.8. The van der Waals surface area contributed by atoms with Gasteiger partial charge in [0.1, 0.15) is 11.5 Å². The van der Waals surface area contributed by atoms with Crippen LogP contribution in [0.1, 0.15) is 41.5 Å². The van der Waals surface area contributed by atoms with E-state index in [-0.39, 0.29) is 17.2 Å². The Balaban J connectivity index is 1.43. The number of aryl methyl sites for hydroxylation is 1. The van der Waals surface area contributed by atoms with Crippen LogP contribution in [0, 0.1) is 5.41 Å². The number of nitrogens with zero attached hydrogens (tertiary/aromatic N) is 5. The summed E-state index contributed by atoms with van der Waals surface area (Å²) in [5, 5.41) is 7.57. The Hall–Kier alpha value is -2.96. The second kappa shape index (κ2) is 6.04. The molecule has 1 saturated heterocycles. The second-order valence-electron chi connectivity index (χ2n) is 7.74. The van der Waals surface area contributed by atoms with Crippen molar-refractivity contribution < 1.29 is 4.79 Å². The third-order valence-electron chi connectivity index (χ3n) is 6.22. The van der Waals surface area contributed by atoms with E-state index in [2.05, 4.69) is 15.2 Å². The predicted octanol–water partition coefficient (Wildman–Crippen LogP) is 2.62. The molecule has 1 N–H and O–H groups in total. The van der Waals surface area contributed by atoms with Gasteiger partial charge in [0.05, 0.1) is 0 Å². The molecule has 1 unspecified atom stereocenters. The fourth-order valence-electron chi connectivity index (χ4n) is 4.54. The summed E-state index contributed by atoms with van der Waals surface area (Å²) in [6, 6.07) is 7.62. The molecule has 1 amide bonds. The Morgan fingerprint density at radius 2 is 2.07 bits per heavy atom. The summed E-state index contributed by atoms with van der Waals surface area (Å²) in [5.74, 6) is 1.89. The predicted molar refractivity (Wildman–Crippen MR) is 100.0 cm³/mol. The fraction of sp³-hybridized carbons (Fsp3) is 0.400. The number of likely N-dealkylation sites (tertiary alicyclic amines) is 1. The van der Waals surface area contributed by atoms with E-state index in [9.17, 15) is 4.79 Å². The van der Waals surface area contributed by atoms with E-state index < -0.39 is 0 Å². The molecule has 0 aromatic carbocycles. The van der Waals surface area contributed by atoms with E-state index >= 15 is 0 Å². The number of carbonyl (C=O) groups excluding carboxylic acids is 1. The Bertz CT molecular complexity index is 971. The van der Waals surface area contributed by atoms with Crippen LogP contribution in [0.25, 0.3) is 11.4 Å². The first-order valence-electron chi connectivity index (χ1n) is 9.40. The highest BCUT2D eigenvalue weighted by Crippen LogP contribution is 2.55. The number of rotatable bonds is 3.